The van der Waals surface area contributed by atoms with Crippen molar-refractivity contribution in [2.24, 2.45) is 0 Å². The number of imide groups is 1. The first-order valence-electron chi connectivity index (χ1n) is 4.16. The van der Waals surface area contributed by atoms with Crippen molar-refractivity contribution in [1.29, 1.82) is 0 Å². The topological polar surface area (TPSA) is 46.2 Å². The third kappa shape index (κ3) is 1.82. The molecule has 1 fully saturated rings. The molecule has 1 heterocycles. The zero-order chi connectivity index (χ0) is 9.26. The molecule has 2 amide bonds. The van der Waals surface area contributed by atoms with Gasteiger partial charge < -0.3 is 0 Å². The van der Waals surface area contributed by atoms with Crippen LogP contribution in [0.4, 0.5) is 0 Å². The molecule has 1 N–H and O–H groups in total. The minimum absolute atomic E-state index is 0. The molecule has 74 valence electrons. The Morgan fingerprint density at radius 3 is 2.29 bits per heavy atom. The summed E-state index contributed by atoms with van der Waals surface area (Å²) in [5.41, 5.74) is 0.908. The lowest BCUT2D eigenvalue weighted by Crippen LogP contribution is -2.21. The van der Waals surface area contributed by atoms with E-state index in [1.165, 1.54) is 0 Å². The van der Waals surface area contributed by atoms with E-state index in [0.29, 0.717) is 0 Å². The van der Waals surface area contributed by atoms with Gasteiger partial charge in [-0.05, 0) is 5.56 Å². The van der Waals surface area contributed by atoms with Crippen LogP contribution in [0.2, 0.25) is 0 Å². The van der Waals surface area contributed by atoms with Crippen LogP contribution >= 0.6 is 0 Å². The van der Waals surface area contributed by atoms with Crippen LogP contribution in [0.5, 0.6) is 0 Å². The van der Waals surface area contributed by atoms with Gasteiger partial charge in [0, 0.05) is 6.42 Å². The Balaban J connectivity index is 0.000000980. The normalized spacial score (nSPS) is 20.1. The number of nitrogens with one attached hydrogen (secondary N) is 1. The summed E-state index contributed by atoms with van der Waals surface area (Å²) in [4.78, 5) is 22.2. The fraction of sp³-hybridized carbons (Fsp3) is 0.273. The Kier molecular flexibility index (Phi) is 3.02. The summed E-state index contributed by atoms with van der Waals surface area (Å²) in [6, 6.07) is 9.35. The molecule has 0 spiro atoms. The van der Waals surface area contributed by atoms with Crippen LogP contribution < -0.4 is 5.32 Å². The molecule has 0 bridgehead atoms. The van der Waals surface area contributed by atoms with E-state index in [4.69, 9.17) is 0 Å². The molecule has 0 aromatic heterocycles. The molecular formula is C11H13NO2. The van der Waals surface area contributed by atoms with Crippen molar-refractivity contribution >= 4 is 11.8 Å². The first kappa shape index (κ1) is 10.4. The molecule has 3 heteroatoms. The Morgan fingerprint density at radius 2 is 1.79 bits per heavy atom. The number of benzene rings is 1. The van der Waals surface area contributed by atoms with Crippen LogP contribution in [-0.2, 0) is 9.59 Å². The monoisotopic (exact) mass is 191 g/mol. The largest absolute Gasteiger partial charge is 0.296 e. The molecule has 1 aliphatic rings. The predicted molar refractivity (Wildman–Crippen MR) is 53.7 cm³/mol. The standard InChI is InChI=1S/C10H9NO2.CH4/c12-9-6-8(10(13)11-9)7-4-2-1-3-5-7;/h1-5,8H,6H2,(H,11,12,13);1H4. The maximum absolute atomic E-state index is 11.3. The highest BCUT2D eigenvalue weighted by Crippen LogP contribution is 2.23. The lowest BCUT2D eigenvalue weighted by Gasteiger charge is -2.04. The molecule has 1 atom stereocenters. The van der Waals surface area contributed by atoms with E-state index in [9.17, 15) is 9.59 Å². The van der Waals surface area contributed by atoms with E-state index in [1.807, 2.05) is 30.3 Å². The molecule has 0 radical (unpaired) electrons. The van der Waals surface area contributed by atoms with Crippen LogP contribution in [0, 0.1) is 0 Å². The average Bonchev–Trinajstić information content (AvgIpc) is 2.47. The lowest BCUT2D eigenvalue weighted by molar-refractivity contribution is -0.125. The van der Waals surface area contributed by atoms with E-state index in [-0.39, 0.29) is 31.6 Å². The Labute approximate surface area is 83.1 Å². The summed E-state index contributed by atoms with van der Waals surface area (Å²) in [7, 11) is 0. The van der Waals surface area contributed by atoms with Crippen molar-refractivity contribution in [1.82, 2.24) is 5.32 Å². The van der Waals surface area contributed by atoms with Crippen LogP contribution in [0.25, 0.3) is 0 Å². The SMILES string of the molecule is C.O=C1CC(c2ccccc2)C(=O)N1. The van der Waals surface area contributed by atoms with Gasteiger partial charge in [0.2, 0.25) is 11.8 Å². The van der Waals surface area contributed by atoms with Crippen LogP contribution in [0.3, 0.4) is 0 Å². The first-order valence-corrected chi connectivity index (χ1v) is 4.16. The summed E-state index contributed by atoms with van der Waals surface area (Å²) >= 11 is 0. The van der Waals surface area contributed by atoms with Crippen molar-refractivity contribution in [3.05, 3.63) is 35.9 Å². The zero-order valence-electron chi connectivity index (χ0n) is 6.99. The lowest BCUT2D eigenvalue weighted by atomic mass is 9.98. The molecule has 0 aliphatic carbocycles. The number of amides is 2. The second-order valence-corrected chi connectivity index (χ2v) is 3.08. The summed E-state index contributed by atoms with van der Waals surface area (Å²) in [5, 5.41) is 2.29. The van der Waals surface area contributed by atoms with Gasteiger partial charge in [-0.1, -0.05) is 37.8 Å². The number of hydrogen-bond donors (Lipinski definition) is 1. The second-order valence-electron chi connectivity index (χ2n) is 3.08. The maximum Gasteiger partial charge on any atom is 0.234 e. The maximum atomic E-state index is 11.3. The van der Waals surface area contributed by atoms with Gasteiger partial charge in [-0.25, -0.2) is 0 Å². The summed E-state index contributed by atoms with van der Waals surface area (Å²) in [6.07, 6.45) is 0.281. The Hall–Kier alpha value is -1.64. The van der Waals surface area contributed by atoms with E-state index < -0.39 is 0 Å². The number of carbonyl (C=O) groups is 2. The quantitative estimate of drug-likeness (QED) is 0.683. The fourth-order valence-corrected chi connectivity index (χ4v) is 1.51. The molecule has 0 saturated carbocycles. The van der Waals surface area contributed by atoms with Crippen LogP contribution in [0.1, 0.15) is 25.3 Å². The molecule has 3 nitrogen and oxygen atoms in total. The predicted octanol–water partition coefficient (Wildman–Crippen LogP) is 1.45. The van der Waals surface area contributed by atoms with E-state index in [0.717, 1.165) is 5.56 Å². The molecule has 1 aromatic carbocycles. The summed E-state index contributed by atoms with van der Waals surface area (Å²) in [6.45, 7) is 0. The minimum atomic E-state index is -0.284. The van der Waals surface area contributed by atoms with Gasteiger partial charge in [0.15, 0.2) is 0 Å². The van der Waals surface area contributed by atoms with Crippen LogP contribution in [0.15, 0.2) is 30.3 Å². The van der Waals surface area contributed by atoms with Crippen LogP contribution in [-0.4, -0.2) is 11.8 Å². The van der Waals surface area contributed by atoms with Gasteiger partial charge in [-0.3, -0.25) is 14.9 Å². The third-order valence-electron chi connectivity index (χ3n) is 2.17. The highest BCUT2D eigenvalue weighted by Gasteiger charge is 2.31. The molecule has 14 heavy (non-hydrogen) atoms. The number of hydrogen-bond acceptors (Lipinski definition) is 2. The van der Waals surface area contributed by atoms with Crippen molar-refractivity contribution in [3.63, 3.8) is 0 Å². The Bertz CT molecular complexity index is 346. The minimum Gasteiger partial charge on any atom is -0.296 e. The molecule has 1 unspecified atom stereocenters. The van der Waals surface area contributed by atoms with Crippen molar-refractivity contribution in [2.75, 3.05) is 0 Å². The first-order chi connectivity index (χ1) is 6.27. The van der Waals surface area contributed by atoms with Gasteiger partial charge in [0.25, 0.3) is 0 Å². The van der Waals surface area contributed by atoms with Gasteiger partial charge in [-0.2, -0.15) is 0 Å². The van der Waals surface area contributed by atoms with Crippen molar-refractivity contribution in [2.45, 2.75) is 19.8 Å². The van der Waals surface area contributed by atoms with E-state index >= 15 is 0 Å². The zero-order valence-corrected chi connectivity index (χ0v) is 6.99. The fourth-order valence-electron chi connectivity index (χ4n) is 1.51. The average molecular weight is 191 g/mol. The van der Waals surface area contributed by atoms with Crippen molar-refractivity contribution < 1.29 is 9.59 Å². The third-order valence-corrected chi connectivity index (χ3v) is 2.17. The molecule has 1 saturated heterocycles. The molecule has 2 rings (SSSR count). The molecule has 1 aliphatic heterocycles. The second kappa shape index (κ2) is 4.05. The number of rotatable bonds is 1. The van der Waals surface area contributed by atoms with Gasteiger partial charge >= 0.3 is 0 Å². The van der Waals surface area contributed by atoms with Gasteiger partial charge in [0.1, 0.15) is 0 Å². The van der Waals surface area contributed by atoms with E-state index in [2.05, 4.69) is 5.32 Å². The van der Waals surface area contributed by atoms with Gasteiger partial charge in [-0.15, -0.1) is 0 Å². The molecular weight excluding hydrogens is 178 g/mol. The summed E-state index contributed by atoms with van der Waals surface area (Å²) in [5.74, 6) is -0.649. The highest BCUT2D eigenvalue weighted by molar-refractivity contribution is 6.06. The Morgan fingerprint density at radius 1 is 1.14 bits per heavy atom. The summed E-state index contributed by atoms with van der Waals surface area (Å²) < 4.78 is 0. The smallest absolute Gasteiger partial charge is 0.234 e. The van der Waals surface area contributed by atoms with Gasteiger partial charge in [0.05, 0.1) is 5.92 Å². The molecule has 1 aromatic rings. The number of carbonyl (C=O) groups excluding carboxylic acids is 2. The van der Waals surface area contributed by atoms with E-state index in [1.54, 1.807) is 0 Å². The van der Waals surface area contributed by atoms with Crippen molar-refractivity contribution in [3.8, 4) is 0 Å². The highest BCUT2D eigenvalue weighted by atomic mass is 16.2.